The van der Waals surface area contributed by atoms with E-state index in [4.69, 9.17) is 10.5 Å². The lowest BCUT2D eigenvalue weighted by Crippen LogP contribution is -2.01. The first-order chi connectivity index (χ1) is 8.27. The lowest BCUT2D eigenvalue weighted by molar-refractivity contribution is 0.415. The van der Waals surface area contributed by atoms with Gasteiger partial charge < -0.3 is 10.5 Å². The van der Waals surface area contributed by atoms with Crippen LogP contribution >= 0.6 is 0 Å². The Morgan fingerprint density at radius 1 is 1.12 bits per heavy atom. The van der Waals surface area contributed by atoms with Crippen molar-refractivity contribution in [3.8, 4) is 16.9 Å². The van der Waals surface area contributed by atoms with Crippen LogP contribution in [0.3, 0.4) is 0 Å². The highest BCUT2D eigenvalue weighted by atomic mass is 19.1. The van der Waals surface area contributed by atoms with Gasteiger partial charge in [-0.05, 0) is 17.7 Å². The summed E-state index contributed by atoms with van der Waals surface area (Å²) in [4.78, 5) is 0. The molecular formula is C14H14FNO. The number of nitrogens with two attached hydrogens (primary N) is 1. The predicted molar refractivity (Wildman–Crippen MR) is 66.3 cm³/mol. The van der Waals surface area contributed by atoms with Gasteiger partial charge in [-0.2, -0.15) is 0 Å². The van der Waals surface area contributed by atoms with Gasteiger partial charge in [0.2, 0.25) is 0 Å². The van der Waals surface area contributed by atoms with Crippen LogP contribution in [-0.2, 0) is 6.54 Å². The van der Waals surface area contributed by atoms with Gasteiger partial charge in [0.05, 0.1) is 7.11 Å². The fourth-order valence-electron chi connectivity index (χ4n) is 1.89. The summed E-state index contributed by atoms with van der Waals surface area (Å²) in [5, 5.41) is 0. The predicted octanol–water partition coefficient (Wildman–Crippen LogP) is 2.96. The third-order valence-corrected chi connectivity index (χ3v) is 2.70. The second kappa shape index (κ2) is 4.97. The molecule has 0 fully saturated rings. The molecule has 0 heterocycles. The van der Waals surface area contributed by atoms with Crippen LogP contribution in [0.15, 0.2) is 42.5 Å². The topological polar surface area (TPSA) is 35.2 Å². The van der Waals surface area contributed by atoms with E-state index in [1.807, 2.05) is 12.1 Å². The minimum Gasteiger partial charge on any atom is -0.496 e. The van der Waals surface area contributed by atoms with Crippen molar-refractivity contribution in [3.05, 3.63) is 53.8 Å². The van der Waals surface area contributed by atoms with Gasteiger partial charge in [-0.15, -0.1) is 0 Å². The molecule has 2 N–H and O–H groups in total. The molecule has 0 atom stereocenters. The van der Waals surface area contributed by atoms with Crippen molar-refractivity contribution >= 4 is 0 Å². The molecule has 0 aliphatic heterocycles. The number of methoxy groups -OCH3 is 1. The Balaban J connectivity index is 2.69. The van der Waals surface area contributed by atoms with E-state index in [0.717, 1.165) is 11.1 Å². The molecule has 2 aromatic carbocycles. The van der Waals surface area contributed by atoms with E-state index in [-0.39, 0.29) is 5.82 Å². The molecule has 0 aliphatic carbocycles. The van der Waals surface area contributed by atoms with Crippen LogP contribution < -0.4 is 10.5 Å². The summed E-state index contributed by atoms with van der Waals surface area (Å²) >= 11 is 0. The van der Waals surface area contributed by atoms with Crippen LogP contribution in [0.1, 0.15) is 5.56 Å². The van der Waals surface area contributed by atoms with Crippen LogP contribution in [0.2, 0.25) is 0 Å². The maximum Gasteiger partial charge on any atom is 0.131 e. The number of ether oxygens (including phenoxy) is 1. The lowest BCUT2D eigenvalue weighted by atomic mass is 9.98. The lowest BCUT2D eigenvalue weighted by Gasteiger charge is -2.13. The molecule has 2 nitrogen and oxygen atoms in total. The Hall–Kier alpha value is -1.87. The molecule has 2 aromatic rings. The van der Waals surface area contributed by atoms with E-state index in [1.54, 1.807) is 31.4 Å². The molecule has 0 aliphatic rings. The summed E-state index contributed by atoms with van der Waals surface area (Å²) < 4.78 is 19.1. The molecule has 0 bridgehead atoms. The van der Waals surface area contributed by atoms with E-state index >= 15 is 0 Å². The number of rotatable bonds is 3. The van der Waals surface area contributed by atoms with Crippen LogP contribution in [0.5, 0.6) is 5.75 Å². The van der Waals surface area contributed by atoms with Crippen molar-refractivity contribution in [1.82, 2.24) is 0 Å². The molecular weight excluding hydrogens is 217 g/mol. The van der Waals surface area contributed by atoms with Crippen LogP contribution in [0, 0.1) is 5.82 Å². The van der Waals surface area contributed by atoms with E-state index in [1.165, 1.54) is 6.07 Å². The van der Waals surface area contributed by atoms with E-state index < -0.39 is 0 Å². The summed E-state index contributed by atoms with van der Waals surface area (Å²) in [7, 11) is 1.57. The number of benzene rings is 2. The Morgan fingerprint density at radius 2 is 1.88 bits per heavy atom. The highest BCUT2D eigenvalue weighted by Crippen LogP contribution is 2.34. The zero-order valence-electron chi connectivity index (χ0n) is 9.61. The number of halogens is 1. The minimum absolute atomic E-state index is 0.272. The molecule has 0 saturated carbocycles. The smallest absolute Gasteiger partial charge is 0.131 e. The summed E-state index contributed by atoms with van der Waals surface area (Å²) in [5.41, 5.74) is 7.80. The van der Waals surface area contributed by atoms with Crippen LogP contribution in [0.4, 0.5) is 4.39 Å². The van der Waals surface area contributed by atoms with Crippen molar-refractivity contribution in [1.29, 1.82) is 0 Å². The Bertz CT molecular complexity index is 503. The van der Waals surface area contributed by atoms with Crippen molar-refractivity contribution in [3.63, 3.8) is 0 Å². The van der Waals surface area contributed by atoms with Gasteiger partial charge in [-0.3, -0.25) is 0 Å². The fraction of sp³-hybridized carbons (Fsp3) is 0.143. The average molecular weight is 231 g/mol. The van der Waals surface area contributed by atoms with Crippen LogP contribution in [-0.4, -0.2) is 7.11 Å². The molecule has 0 spiro atoms. The molecule has 0 saturated heterocycles. The summed E-state index contributed by atoms with van der Waals surface area (Å²) in [6.07, 6.45) is 0. The largest absolute Gasteiger partial charge is 0.496 e. The van der Waals surface area contributed by atoms with Gasteiger partial charge in [-0.1, -0.05) is 30.3 Å². The standard InChI is InChI=1S/C14H14FNO/c1-17-13-8-4-5-10(9-16)14(13)11-6-2-3-7-12(11)15/h2-8H,9,16H2,1H3. The van der Waals surface area contributed by atoms with E-state index in [2.05, 4.69) is 0 Å². The second-order valence-electron chi connectivity index (χ2n) is 3.68. The first kappa shape index (κ1) is 11.6. The molecule has 0 amide bonds. The molecule has 2 rings (SSSR count). The monoisotopic (exact) mass is 231 g/mol. The third-order valence-electron chi connectivity index (χ3n) is 2.70. The quantitative estimate of drug-likeness (QED) is 0.881. The Morgan fingerprint density at radius 3 is 2.53 bits per heavy atom. The summed E-state index contributed by atoms with van der Waals surface area (Å²) in [6, 6.07) is 12.2. The Labute approximate surface area is 99.8 Å². The number of hydrogen-bond acceptors (Lipinski definition) is 2. The van der Waals surface area contributed by atoms with Gasteiger partial charge in [0.1, 0.15) is 11.6 Å². The fourth-order valence-corrected chi connectivity index (χ4v) is 1.89. The van der Waals surface area contributed by atoms with Gasteiger partial charge in [0, 0.05) is 17.7 Å². The van der Waals surface area contributed by atoms with Gasteiger partial charge >= 0.3 is 0 Å². The summed E-state index contributed by atoms with van der Waals surface area (Å²) in [5.74, 6) is 0.366. The summed E-state index contributed by atoms with van der Waals surface area (Å²) in [6.45, 7) is 0.348. The van der Waals surface area contributed by atoms with Gasteiger partial charge in [-0.25, -0.2) is 4.39 Å². The molecule has 88 valence electrons. The molecule has 17 heavy (non-hydrogen) atoms. The van der Waals surface area contributed by atoms with Crippen molar-refractivity contribution in [2.24, 2.45) is 5.73 Å². The van der Waals surface area contributed by atoms with E-state index in [0.29, 0.717) is 17.9 Å². The third kappa shape index (κ3) is 2.15. The highest BCUT2D eigenvalue weighted by molar-refractivity contribution is 5.74. The van der Waals surface area contributed by atoms with E-state index in [9.17, 15) is 4.39 Å². The SMILES string of the molecule is COc1cccc(CN)c1-c1ccccc1F. The molecule has 0 unspecified atom stereocenters. The first-order valence-electron chi connectivity index (χ1n) is 5.38. The van der Waals surface area contributed by atoms with Crippen LogP contribution in [0.25, 0.3) is 11.1 Å². The minimum atomic E-state index is -0.272. The first-order valence-corrected chi connectivity index (χ1v) is 5.38. The van der Waals surface area contributed by atoms with Crippen molar-refractivity contribution in [2.45, 2.75) is 6.54 Å². The van der Waals surface area contributed by atoms with Gasteiger partial charge in [0.25, 0.3) is 0 Å². The second-order valence-corrected chi connectivity index (χ2v) is 3.68. The maximum atomic E-state index is 13.8. The zero-order chi connectivity index (χ0) is 12.3. The normalized spacial score (nSPS) is 10.3. The van der Waals surface area contributed by atoms with Crippen molar-refractivity contribution in [2.75, 3.05) is 7.11 Å². The molecule has 3 heteroatoms. The molecule has 0 aromatic heterocycles. The van der Waals surface area contributed by atoms with Crippen molar-refractivity contribution < 1.29 is 9.13 Å². The number of hydrogen-bond donors (Lipinski definition) is 1. The highest BCUT2D eigenvalue weighted by Gasteiger charge is 2.13. The maximum absolute atomic E-state index is 13.8. The Kier molecular flexibility index (Phi) is 3.40. The average Bonchev–Trinajstić information content (AvgIpc) is 2.38. The zero-order valence-corrected chi connectivity index (χ0v) is 9.61. The molecule has 0 radical (unpaired) electrons. The van der Waals surface area contributed by atoms with Gasteiger partial charge in [0.15, 0.2) is 0 Å².